The van der Waals surface area contributed by atoms with Crippen molar-refractivity contribution in [2.75, 3.05) is 0 Å². The number of ketones is 1. The summed E-state index contributed by atoms with van der Waals surface area (Å²) in [5, 5.41) is 0.311. The van der Waals surface area contributed by atoms with E-state index in [-0.39, 0.29) is 5.56 Å². The first-order valence-electron chi connectivity index (χ1n) is 5.22. The van der Waals surface area contributed by atoms with E-state index in [9.17, 15) is 18.0 Å². The van der Waals surface area contributed by atoms with Crippen LogP contribution < -0.4 is 0 Å². The van der Waals surface area contributed by atoms with E-state index >= 15 is 0 Å². The van der Waals surface area contributed by atoms with Crippen LogP contribution in [0.25, 0.3) is 0 Å². The first kappa shape index (κ1) is 14.1. The zero-order chi connectivity index (χ0) is 13.1. The van der Waals surface area contributed by atoms with Crippen LogP contribution in [0.1, 0.15) is 30.6 Å². The zero-order valence-corrected chi connectivity index (χ0v) is 10.4. The van der Waals surface area contributed by atoms with Crippen LogP contribution in [-0.4, -0.2) is 17.2 Å². The maximum absolute atomic E-state index is 12.2. The number of thioether (sulfide) groups is 1. The minimum absolute atomic E-state index is 0.300. The number of alkyl halides is 3. The fraction of sp³-hybridized carbons (Fsp3) is 0.417. The molecule has 0 aliphatic carbocycles. The number of halogens is 3. The van der Waals surface area contributed by atoms with Crippen molar-refractivity contribution in [3.63, 3.8) is 0 Å². The molecule has 0 radical (unpaired) electrons. The predicted octanol–water partition coefficient (Wildman–Crippen LogP) is 4.32. The van der Waals surface area contributed by atoms with Crippen molar-refractivity contribution in [2.45, 2.75) is 36.6 Å². The number of hydrogen-bond acceptors (Lipinski definition) is 2. The highest BCUT2D eigenvalue weighted by atomic mass is 32.2. The lowest BCUT2D eigenvalue weighted by Crippen LogP contribution is -2.22. The van der Waals surface area contributed by atoms with E-state index in [4.69, 9.17) is 0 Å². The summed E-state index contributed by atoms with van der Waals surface area (Å²) in [6.45, 7) is 3.99. The van der Waals surface area contributed by atoms with Crippen molar-refractivity contribution in [2.24, 2.45) is 0 Å². The molecule has 0 aliphatic heterocycles. The highest BCUT2D eigenvalue weighted by Crippen LogP contribution is 2.28. The van der Waals surface area contributed by atoms with Gasteiger partial charge in [-0.25, -0.2) is 0 Å². The van der Waals surface area contributed by atoms with E-state index in [1.54, 1.807) is 6.07 Å². The SMILES string of the molecule is CCC(C)Sc1cccc(C(=O)C(F)(F)F)c1. The normalized spacial score (nSPS) is 13.5. The van der Waals surface area contributed by atoms with Gasteiger partial charge in [-0.3, -0.25) is 4.79 Å². The van der Waals surface area contributed by atoms with Gasteiger partial charge < -0.3 is 0 Å². The second kappa shape index (κ2) is 5.58. The Labute approximate surface area is 102 Å². The molecule has 1 rings (SSSR count). The second-order valence-electron chi connectivity index (χ2n) is 3.69. The van der Waals surface area contributed by atoms with Gasteiger partial charge in [0.25, 0.3) is 5.78 Å². The molecule has 1 aromatic carbocycles. The third-order valence-corrected chi connectivity index (χ3v) is 3.53. The minimum Gasteiger partial charge on any atom is -0.284 e. The molecule has 17 heavy (non-hydrogen) atoms. The number of carbonyl (C=O) groups excluding carboxylic acids is 1. The summed E-state index contributed by atoms with van der Waals surface area (Å²) >= 11 is 1.47. The average Bonchev–Trinajstić information content (AvgIpc) is 2.27. The Bertz CT molecular complexity index is 401. The number of Topliss-reactive ketones (excluding diaryl/α,β-unsaturated/α-hetero) is 1. The fourth-order valence-electron chi connectivity index (χ4n) is 1.19. The van der Waals surface area contributed by atoms with Crippen LogP contribution in [-0.2, 0) is 0 Å². The maximum Gasteiger partial charge on any atom is 0.454 e. The van der Waals surface area contributed by atoms with Gasteiger partial charge in [0, 0.05) is 15.7 Å². The van der Waals surface area contributed by atoms with E-state index in [1.807, 2.05) is 13.8 Å². The highest BCUT2D eigenvalue weighted by Gasteiger charge is 2.39. The fourth-order valence-corrected chi connectivity index (χ4v) is 2.17. The molecule has 0 aliphatic rings. The molecule has 0 saturated heterocycles. The quantitative estimate of drug-likeness (QED) is 0.593. The Morgan fingerprint density at radius 2 is 2.06 bits per heavy atom. The molecule has 5 heteroatoms. The van der Waals surface area contributed by atoms with Gasteiger partial charge >= 0.3 is 6.18 Å². The number of rotatable bonds is 4. The largest absolute Gasteiger partial charge is 0.454 e. The molecule has 0 amide bonds. The molecule has 0 heterocycles. The Morgan fingerprint density at radius 1 is 1.41 bits per heavy atom. The first-order chi connectivity index (χ1) is 7.84. The second-order valence-corrected chi connectivity index (χ2v) is 5.20. The van der Waals surface area contributed by atoms with Gasteiger partial charge in [-0.05, 0) is 18.6 Å². The van der Waals surface area contributed by atoms with Crippen molar-refractivity contribution in [3.05, 3.63) is 29.8 Å². The monoisotopic (exact) mass is 262 g/mol. The molecule has 94 valence electrons. The lowest BCUT2D eigenvalue weighted by atomic mass is 10.1. The molecule has 0 saturated carbocycles. The van der Waals surface area contributed by atoms with E-state index in [1.165, 1.54) is 30.0 Å². The van der Waals surface area contributed by atoms with Gasteiger partial charge in [-0.2, -0.15) is 13.2 Å². The van der Waals surface area contributed by atoms with Gasteiger partial charge in [0.1, 0.15) is 0 Å². The van der Waals surface area contributed by atoms with Crippen LogP contribution in [0, 0.1) is 0 Å². The third-order valence-electron chi connectivity index (χ3n) is 2.27. The highest BCUT2D eigenvalue weighted by molar-refractivity contribution is 7.99. The predicted molar refractivity (Wildman–Crippen MR) is 62.4 cm³/mol. The van der Waals surface area contributed by atoms with Crippen molar-refractivity contribution in [1.29, 1.82) is 0 Å². The molecule has 1 atom stereocenters. The number of benzene rings is 1. The van der Waals surface area contributed by atoms with Crippen molar-refractivity contribution < 1.29 is 18.0 Å². The van der Waals surface area contributed by atoms with Crippen LogP contribution in [0.5, 0.6) is 0 Å². The molecule has 1 unspecified atom stereocenters. The molecule has 1 aromatic rings. The smallest absolute Gasteiger partial charge is 0.284 e. The van der Waals surface area contributed by atoms with Crippen LogP contribution in [0.4, 0.5) is 13.2 Å². The lowest BCUT2D eigenvalue weighted by Gasteiger charge is -2.10. The standard InChI is InChI=1S/C12H13F3OS/c1-3-8(2)17-10-6-4-5-9(7-10)11(16)12(13,14)15/h4-8H,3H2,1-2H3. The summed E-state index contributed by atoms with van der Waals surface area (Å²) in [6, 6.07) is 5.68. The third kappa shape index (κ3) is 4.07. The Balaban J connectivity index is 2.90. The van der Waals surface area contributed by atoms with E-state index in [0.717, 1.165) is 6.42 Å². The molecule has 0 spiro atoms. The summed E-state index contributed by atoms with van der Waals surface area (Å²) in [5.41, 5.74) is -0.300. The topological polar surface area (TPSA) is 17.1 Å². The van der Waals surface area contributed by atoms with Gasteiger partial charge in [0.15, 0.2) is 0 Å². The molecule has 0 fully saturated rings. The minimum atomic E-state index is -4.81. The number of hydrogen-bond donors (Lipinski definition) is 0. The molecule has 0 bridgehead atoms. The van der Waals surface area contributed by atoms with Crippen LogP contribution in [0.2, 0.25) is 0 Å². The zero-order valence-electron chi connectivity index (χ0n) is 9.54. The summed E-state index contributed by atoms with van der Waals surface area (Å²) in [5.74, 6) is -1.79. The van der Waals surface area contributed by atoms with Gasteiger partial charge in [-0.15, -0.1) is 11.8 Å². The van der Waals surface area contributed by atoms with Crippen LogP contribution in [0.3, 0.4) is 0 Å². The molecule has 0 aromatic heterocycles. The average molecular weight is 262 g/mol. The van der Waals surface area contributed by atoms with Crippen molar-refractivity contribution in [3.8, 4) is 0 Å². The van der Waals surface area contributed by atoms with E-state index < -0.39 is 12.0 Å². The van der Waals surface area contributed by atoms with Crippen molar-refractivity contribution in [1.82, 2.24) is 0 Å². The first-order valence-corrected chi connectivity index (χ1v) is 6.10. The lowest BCUT2D eigenvalue weighted by molar-refractivity contribution is -0.0885. The van der Waals surface area contributed by atoms with Crippen LogP contribution in [0.15, 0.2) is 29.2 Å². The number of carbonyl (C=O) groups is 1. The molecular weight excluding hydrogens is 249 g/mol. The van der Waals surface area contributed by atoms with Crippen molar-refractivity contribution >= 4 is 17.5 Å². The summed E-state index contributed by atoms with van der Waals surface area (Å²) < 4.78 is 36.7. The van der Waals surface area contributed by atoms with E-state index in [0.29, 0.717) is 10.1 Å². The molecular formula is C12H13F3OS. The molecule has 0 N–H and O–H groups in total. The van der Waals surface area contributed by atoms with Gasteiger partial charge in [0.05, 0.1) is 0 Å². The maximum atomic E-state index is 12.2. The Morgan fingerprint density at radius 3 is 2.59 bits per heavy atom. The summed E-state index contributed by atoms with van der Waals surface area (Å²) in [4.78, 5) is 11.7. The van der Waals surface area contributed by atoms with Gasteiger partial charge in [-0.1, -0.05) is 26.0 Å². The van der Waals surface area contributed by atoms with Crippen LogP contribution >= 0.6 is 11.8 Å². The Hall–Kier alpha value is -0.970. The van der Waals surface area contributed by atoms with Gasteiger partial charge in [0.2, 0.25) is 0 Å². The summed E-state index contributed by atoms with van der Waals surface area (Å²) in [7, 11) is 0. The summed E-state index contributed by atoms with van der Waals surface area (Å²) in [6.07, 6.45) is -3.89. The Kier molecular flexibility index (Phi) is 4.62. The van der Waals surface area contributed by atoms with E-state index in [2.05, 4.69) is 0 Å². The molecule has 1 nitrogen and oxygen atoms in total.